The number of aromatic nitrogens is 2. The lowest BCUT2D eigenvalue weighted by molar-refractivity contribution is -0.159. The van der Waals surface area contributed by atoms with E-state index in [2.05, 4.69) is 4.98 Å². The van der Waals surface area contributed by atoms with Crippen molar-refractivity contribution in [2.45, 2.75) is 75.2 Å². The predicted molar refractivity (Wildman–Crippen MR) is 118 cm³/mol. The zero-order valence-electron chi connectivity index (χ0n) is 19.8. The van der Waals surface area contributed by atoms with Crippen LogP contribution in [0, 0.1) is 6.92 Å². The van der Waals surface area contributed by atoms with Gasteiger partial charge in [-0.25, -0.2) is 14.2 Å². The van der Waals surface area contributed by atoms with Crippen molar-refractivity contribution in [3.8, 4) is 0 Å². The zero-order valence-corrected chi connectivity index (χ0v) is 20.7. The van der Waals surface area contributed by atoms with Crippen molar-refractivity contribution in [3.05, 3.63) is 27.9 Å². The van der Waals surface area contributed by atoms with E-state index >= 15 is 0 Å². The van der Waals surface area contributed by atoms with E-state index in [9.17, 15) is 39.2 Å². The van der Waals surface area contributed by atoms with E-state index in [1.165, 1.54) is 6.20 Å². The molecule has 37 heavy (non-hydrogen) atoms. The van der Waals surface area contributed by atoms with Gasteiger partial charge in [0.2, 0.25) is 0 Å². The van der Waals surface area contributed by atoms with Crippen LogP contribution in [-0.4, -0.2) is 96.1 Å². The predicted octanol–water partition coefficient (Wildman–Crippen LogP) is -1.83. The fraction of sp³-hybridized carbons (Fsp3) is 0.700. The Kier molecular flexibility index (Phi) is 6.54. The Morgan fingerprint density at radius 1 is 1.22 bits per heavy atom. The first kappa shape index (κ1) is 26.3. The number of aryl methyl sites for hydroxylation is 1. The average Bonchev–Trinajstić information content (AvgIpc) is 3.38. The number of aliphatic hydroxyl groups excluding tert-OH is 2. The molecule has 16 nitrogen and oxygen atoms in total. The molecule has 0 aliphatic carbocycles. The summed E-state index contributed by atoms with van der Waals surface area (Å²) in [5, 5.41) is 33.5. The second-order valence-corrected chi connectivity index (χ2v) is 11.0. The fourth-order valence-corrected chi connectivity index (χ4v) is 6.07. The Morgan fingerprint density at radius 2 is 1.95 bits per heavy atom. The molecule has 3 fully saturated rings. The second kappa shape index (κ2) is 9.18. The van der Waals surface area contributed by atoms with Crippen LogP contribution in [0.25, 0.3) is 0 Å². The highest BCUT2D eigenvalue weighted by Gasteiger charge is 2.56. The molecule has 5 N–H and O–H groups in total. The Morgan fingerprint density at radius 3 is 2.65 bits per heavy atom. The van der Waals surface area contributed by atoms with Crippen molar-refractivity contribution < 1.29 is 52.9 Å². The van der Waals surface area contributed by atoms with E-state index in [-0.39, 0.29) is 18.5 Å². The molecule has 3 saturated heterocycles. The molecule has 6 heterocycles. The number of hydrogen-bond acceptors (Lipinski definition) is 12. The molecule has 6 bridgehead atoms. The van der Waals surface area contributed by atoms with Crippen molar-refractivity contribution in [3.63, 3.8) is 0 Å². The Labute approximate surface area is 209 Å². The molecular weight excluding hydrogens is 519 g/mol. The SMILES string of the molecule is Cc1cn2c(=O)nc1[C@@H]1N(C(=O)NC(=O)[C@]1(C)O)C1CC(OP(=O)(O)OCC3OC2CC3O)C(CO)O1. The Bertz CT molecular complexity index is 1220. The van der Waals surface area contributed by atoms with Gasteiger partial charge in [-0.1, -0.05) is 0 Å². The number of ether oxygens (including phenoxy) is 2. The van der Waals surface area contributed by atoms with Crippen LogP contribution < -0.4 is 11.0 Å². The number of carbonyl (C=O) groups is 2. The fourth-order valence-electron chi connectivity index (χ4n) is 5.11. The molecule has 9 atom stereocenters. The zero-order chi connectivity index (χ0) is 26.9. The minimum absolute atomic E-state index is 0.0652. The van der Waals surface area contributed by atoms with E-state index in [1.807, 2.05) is 5.32 Å². The largest absolute Gasteiger partial charge is 0.472 e. The minimum atomic E-state index is -4.78. The lowest BCUT2D eigenvalue weighted by Crippen LogP contribution is -2.67. The van der Waals surface area contributed by atoms with Gasteiger partial charge < -0.3 is 29.7 Å². The van der Waals surface area contributed by atoms with Crippen LogP contribution in [0.3, 0.4) is 0 Å². The Hall–Kier alpha value is -2.27. The summed E-state index contributed by atoms with van der Waals surface area (Å²) >= 11 is 0. The number of phosphoric ester groups is 1. The van der Waals surface area contributed by atoms with Gasteiger partial charge in [0.15, 0.2) is 5.60 Å². The number of amides is 3. The van der Waals surface area contributed by atoms with Gasteiger partial charge in [0, 0.05) is 19.0 Å². The molecule has 3 amide bonds. The summed E-state index contributed by atoms with van der Waals surface area (Å²) in [6, 6.07) is -2.50. The van der Waals surface area contributed by atoms with E-state index in [0.717, 1.165) is 16.4 Å². The van der Waals surface area contributed by atoms with Gasteiger partial charge in [-0.2, -0.15) is 4.98 Å². The second-order valence-electron chi connectivity index (χ2n) is 9.60. The topological polar surface area (TPSA) is 219 Å². The molecule has 0 spiro atoms. The van der Waals surface area contributed by atoms with Crippen LogP contribution in [-0.2, 0) is 27.9 Å². The molecule has 5 aliphatic rings. The van der Waals surface area contributed by atoms with Crippen LogP contribution in [0.2, 0.25) is 0 Å². The summed E-state index contributed by atoms with van der Waals surface area (Å²) in [6.07, 6.45) is -5.94. The highest BCUT2D eigenvalue weighted by Crippen LogP contribution is 2.49. The van der Waals surface area contributed by atoms with E-state index in [4.69, 9.17) is 18.5 Å². The van der Waals surface area contributed by atoms with Crippen LogP contribution in [0.4, 0.5) is 4.79 Å². The number of nitrogens with one attached hydrogen (secondary N) is 1. The number of carbonyl (C=O) groups excluding carboxylic acids is 2. The van der Waals surface area contributed by atoms with Crippen molar-refractivity contribution in [1.82, 2.24) is 19.8 Å². The summed E-state index contributed by atoms with van der Waals surface area (Å²) in [4.78, 5) is 54.0. The molecule has 1 aromatic heterocycles. The summed E-state index contributed by atoms with van der Waals surface area (Å²) in [5.74, 6) is -1.04. The molecule has 6 rings (SSSR count). The standard InChI is InChI=1S/C20H27N4O12P/c1-8-5-23-13-3-9(26)12(35-13)7-33-37(31,32)36-10-4-14(34-11(10)6-25)24-16(15(8)21-18(23)28)20(2,30)17(27)22-19(24)29/h5,9-14,16,25-26,30H,3-4,6-7H2,1-2H3,(H,31,32)(H,22,27,29)/t9?,10?,11?,12?,13?,14?,16-,20+/m0/s1. The molecular formula is C20H27N4O12P. The van der Waals surface area contributed by atoms with Gasteiger partial charge in [0.05, 0.1) is 25.0 Å². The maximum Gasteiger partial charge on any atom is 0.472 e. The average molecular weight is 546 g/mol. The highest BCUT2D eigenvalue weighted by atomic mass is 31.2. The van der Waals surface area contributed by atoms with Gasteiger partial charge in [-0.15, -0.1) is 0 Å². The van der Waals surface area contributed by atoms with E-state index in [0.29, 0.717) is 5.56 Å². The van der Waals surface area contributed by atoms with Crippen LogP contribution in [0.1, 0.15) is 43.3 Å². The van der Waals surface area contributed by atoms with Crippen LogP contribution >= 0.6 is 7.82 Å². The van der Waals surface area contributed by atoms with Crippen molar-refractivity contribution >= 4 is 19.8 Å². The Balaban J connectivity index is 1.66. The summed E-state index contributed by atoms with van der Waals surface area (Å²) in [5.41, 5.74) is -2.92. The van der Waals surface area contributed by atoms with Gasteiger partial charge >= 0.3 is 19.5 Å². The quantitative estimate of drug-likeness (QED) is 0.245. The third kappa shape index (κ3) is 4.51. The third-order valence-corrected chi connectivity index (χ3v) is 8.03. The number of aliphatic hydroxyl groups is 3. The number of rotatable bonds is 1. The molecule has 204 valence electrons. The van der Waals surface area contributed by atoms with E-state index < -0.39 is 87.2 Å². The lowest BCUT2D eigenvalue weighted by atomic mass is 9.87. The molecule has 0 saturated carbocycles. The first-order valence-corrected chi connectivity index (χ1v) is 13.0. The lowest BCUT2D eigenvalue weighted by Gasteiger charge is -2.45. The number of phosphoric acid groups is 1. The third-order valence-electron chi connectivity index (χ3n) is 7.01. The normalized spacial score (nSPS) is 42.1. The maximum atomic E-state index is 13.1. The molecule has 5 aliphatic heterocycles. The monoisotopic (exact) mass is 546 g/mol. The van der Waals surface area contributed by atoms with Crippen LogP contribution in [0.5, 0.6) is 0 Å². The number of nitrogens with zero attached hydrogens (tertiary/aromatic N) is 3. The summed E-state index contributed by atoms with van der Waals surface area (Å²) < 4.78 is 35.4. The maximum absolute atomic E-state index is 13.1. The first-order valence-electron chi connectivity index (χ1n) is 11.5. The van der Waals surface area contributed by atoms with Crippen molar-refractivity contribution in [1.29, 1.82) is 0 Å². The molecule has 17 heteroatoms. The number of urea groups is 1. The summed E-state index contributed by atoms with van der Waals surface area (Å²) in [7, 11) is -4.78. The van der Waals surface area contributed by atoms with E-state index in [1.54, 1.807) is 6.92 Å². The smallest absolute Gasteiger partial charge is 0.394 e. The molecule has 0 radical (unpaired) electrons. The van der Waals surface area contributed by atoms with Crippen LogP contribution in [0.15, 0.2) is 11.0 Å². The van der Waals surface area contributed by atoms with Crippen molar-refractivity contribution in [2.24, 2.45) is 0 Å². The van der Waals surface area contributed by atoms with Gasteiger partial charge in [0.25, 0.3) is 5.91 Å². The first-order chi connectivity index (χ1) is 17.3. The van der Waals surface area contributed by atoms with Gasteiger partial charge in [0.1, 0.15) is 36.8 Å². The van der Waals surface area contributed by atoms with Gasteiger partial charge in [-0.05, 0) is 19.4 Å². The summed E-state index contributed by atoms with van der Waals surface area (Å²) in [6.45, 7) is 1.47. The number of fused-ring (bicyclic) bond motifs is 5. The molecule has 7 unspecified atom stereocenters. The minimum Gasteiger partial charge on any atom is -0.394 e. The molecule has 1 aromatic rings. The molecule has 0 aromatic carbocycles. The van der Waals surface area contributed by atoms with Crippen molar-refractivity contribution in [2.75, 3.05) is 13.2 Å². The van der Waals surface area contributed by atoms with Gasteiger partial charge in [-0.3, -0.25) is 28.6 Å². The highest BCUT2D eigenvalue weighted by molar-refractivity contribution is 7.47. The number of imide groups is 1. The number of hydrogen-bond donors (Lipinski definition) is 5.